The Morgan fingerprint density at radius 2 is 1.15 bits per heavy atom. The third kappa shape index (κ3) is 5.03. The molecular formula is C38H47S+. The van der Waals surface area contributed by atoms with Crippen LogP contribution in [0.2, 0.25) is 0 Å². The highest BCUT2D eigenvalue weighted by atomic mass is 32.2. The van der Waals surface area contributed by atoms with Crippen molar-refractivity contribution in [2.45, 2.75) is 105 Å². The Balaban J connectivity index is 1.14. The fourth-order valence-corrected chi connectivity index (χ4v) is 11.7. The van der Waals surface area contributed by atoms with Gasteiger partial charge in [0, 0.05) is 0 Å². The van der Waals surface area contributed by atoms with Crippen LogP contribution in [0.15, 0.2) is 93.5 Å². The molecule has 4 aliphatic rings. The van der Waals surface area contributed by atoms with Gasteiger partial charge in [0.2, 0.25) is 0 Å². The quantitative estimate of drug-likeness (QED) is 0.285. The lowest BCUT2D eigenvalue weighted by Gasteiger charge is -2.42. The molecule has 1 heteroatoms. The lowest BCUT2D eigenvalue weighted by Crippen LogP contribution is -2.33. The van der Waals surface area contributed by atoms with Gasteiger partial charge in [-0.1, -0.05) is 82.0 Å². The molecule has 7 rings (SSSR count). The maximum absolute atomic E-state index is 2.56. The van der Waals surface area contributed by atoms with Gasteiger partial charge in [-0.15, -0.1) is 0 Å². The topological polar surface area (TPSA) is 0 Å². The van der Waals surface area contributed by atoms with Gasteiger partial charge in [0.05, 0.1) is 10.9 Å². The van der Waals surface area contributed by atoms with Crippen LogP contribution in [-0.2, 0) is 10.9 Å². The van der Waals surface area contributed by atoms with Gasteiger partial charge >= 0.3 is 0 Å². The molecule has 0 radical (unpaired) electrons. The molecule has 204 valence electrons. The van der Waals surface area contributed by atoms with Crippen LogP contribution < -0.4 is 0 Å². The van der Waals surface area contributed by atoms with Crippen LogP contribution in [-0.4, -0.2) is 0 Å². The molecule has 0 spiro atoms. The second-order valence-electron chi connectivity index (χ2n) is 13.7. The molecule has 0 aliphatic heterocycles. The Hall–Kier alpha value is -1.99. The van der Waals surface area contributed by atoms with Crippen LogP contribution >= 0.6 is 0 Å². The number of hydrogen-bond donors (Lipinski definition) is 0. The summed E-state index contributed by atoms with van der Waals surface area (Å²) in [5, 5.41) is 0. The molecule has 9 unspecified atom stereocenters. The smallest absolute Gasteiger partial charge is 0.0622 e. The molecule has 0 nitrogen and oxygen atoms in total. The monoisotopic (exact) mass is 535 g/mol. The lowest BCUT2D eigenvalue weighted by atomic mass is 9.62. The normalized spacial score (nSPS) is 34.8. The minimum atomic E-state index is -0.0654. The molecule has 0 heterocycles. The highest BCUT2D eigenvalue weighted by Crippen LogP contribution is 2.53. The summed E-state index contributed by atoms with van der Waals surface area (Å²) in [6.07, 6.45) is 14.5. The maximum Gasteiger partial charge on any atom is 0.166 e. The molecule has 0 aromatic heterocycles. The van der Waals surface area contributed by atoms with Crippen LogP contribution in [0, 0.1) is 35.5 Å². The predicted molar refractivity (Wildman–Crippen MR) is 165 cm³/mol. The standard InChI is InChI=1S/C38H47S/c1-26-24-38(27(2)37-13-7-12-36(26)37)30-18-22-35(23-19-30)39(33-10-4-3-5-11-33)34-20-16-29(17-21-34)32-15-14-28-8-6-9-31(28)25-32/h3-5,10-11,16-23,26-28,31-32,36-38H,6-9,12-15,24-25H2,1-2H3/q+1. The molecule has 4 saturated carbocycles. The molecule has 0 amide bonds. The molecule has 3 aromatic carbocycles. The van der Waals surface area contributed by atoms with E-state index in [1.807, 2.05) is 0 Å². The first-order valence-corrected chi connectivity index (χ1v) is 17.4. The van der Waals surface area contributed by atoms with E-state index in [2.05, 4.69) is 92.7 Å². The van der Waals surface area contributed by atoms with Crippen molar-refractivity contribution in [3.05, 3.63) is 90.0 Å². The van der Waals surface area contributed by atoms with Crippen molar-refractivity contribution < 1.29 is 0 Å². The maximum atomic E-state index is 2.56. The van der Waals surface area contributed by atoms with E-state index in [9.17, 15) is 0 Å². The van der Waals surface area contributed by atoms with Gasteiger partial charge in [0.1, 0.15) is 0 Å². The van der Waals surface area contributed by atoms with E-state index in [1.54, 1.807) is 11.1 Å². The van der Waals surface area contributed by atoms with Crippen LogP contribution in [0.5, 0.6) is 0 Å². The van der Waals surface area contributed by atoms with Gasteiger partial charge in [-0.2, -0.15) is 0 Å². The fourth-order valence-electron chi connectivity index (χ4n) is 9.60. The molecule has 0 saturated heterocycles. The Bertz CT molecular complexity index is 1230. The van der Waals surface area contributed by atoms with Gasteiger partial charge in [-0.25, -0.2) is 0 Å². The van der Waals surface area contributed by atoms with Gasteiger partial charge in [0.25, 0.3) is 0 Å². The first-order valence-electron chi connectivity index (χ1n) is 16.1. The number of fused-ring (bicyclic) bond motifs is 2. The summed E-state index contributed by atoms with van der Waals surface area (Å²) in [5.74, 6) is 7.15. The lowest BCUT2D eigenvalue weighted by molar-refractivity contribution is 0.113. The Morgan fingerprint density at radius 1 is 0.538 bits per heavy atom. The zero-order valence-corrected chi connectivity index (χ0v) is 24.9. The van der Waals surface area contributed by atoms with Crippen molar-refractivity contribution in [1.29, 1.82) is 0 Å². The third-order valence-electron chi connectivity index (χ3n) is 11.7. The summed E-state index contributed by atoms with van der Waals surface area (Å²) in [6, 6.07) is 31.1. The van der Waals surface area contributed by atoms with Gasteiger partial charge in [-0.3, -0.25) is 0 Å². The van der Waals surface area contributed by atoms with Gasteiger partial charge < -0.3 is 0 Å². The SMILES string of the molecule is CC1CC(c2ccc([S+](c3ccccc3)c3ccc(C4CCC5CCCC5C4)cc3)cc2)C(C)C2CCCC12. The minimum Gasteiger partial charge on any atom is -0.0622 e. The average molecular weight is 536 g/mol. The second kappa shape index (κ2) is 11.1. The van der Waals surface area contributed by atoms with Crippen molar-refractivity contribution in [1.82, 2.24) is 0 Å². The zero-order chi connectivity index (χ0) is 26.3. The van der Waals surface area contributed by atoms with Crippen LogP contribution in [0.4, 0.5) is 0 Å². The van der Waals surface area contributed by atoms with E-state index in [0.717, 1.165) is 47.3 Å². The summed E-state index contributed by atoms with van der Waals surface area (Å²) in [6.45, 7) is 5.09. The highest BCUT2D eigenvalue weighted by Gasteiger charge is 2.43. The Morgan fingerprint density at radius 3 is 1.90 bits per heavy atom. The summed E-state index contributed by atoms with van der Waals surface area (Å²) in [7, 11) is -0.0654. The van der Waals surface area contributed by atoms with E-state index < -0.39 is 0 Å². The predicted octanol–water partition coefficient (Wildman–Crippen LogP) is 10.6. The molecule has 0 bridgehead atoms. The zero-order valence-electron chi connectivity index (χ0n) is 24.1. The molecule has 0 N–H and O–H groups in total. The van der Waals surface area contributed by atoms with Crippen molar-refractivity contribution >= 4 is 10.9 Å². The van der Waals surface area contributed by atoms with E-state index in [-0.39, 0.29) is 10.9 Å². The third-order valence-corrected chi connectivity index (χ3v) is 13.9. The van der Waals surface area contributed by atoms with Crippen molar-refractivity contribution in [3.63, 3.8) is 0 Å². The Labute approximate surface area is 240 Å². The van der Waals surface area contributed by atoms with E-state index >= 15 is 0 Å². The minimum absolute atomic E-state index is 0.0654. The van der Waals surface area contributed by atoms with Crippen molar-refractivity contribution in [2.24, 2.45) is 35.5 Å². The van der Waals surface area contributed by atoms with Crippen LogP contribution in [0.3, 0.4) is 0 Å². The second-order valence-corrected chi connectivity index (χ2v) is 15.7. The Kier molecular flexibility index (Phi) is 7.40. The summed E-state index contributed by atoms with van der Waals surface area (Å²) < 4.78 is 0. The average Bonchev–Trinajstić information content (AvgIpc) is 3.67. The van der Waals surface area contributed by atoms with Crippen LogP contribution in [0.1, 0.15) is 101 Å². The van der Waals surface area contributed by atoms with Crippen LogP contribution in [0.25, 0.3) is 0 Å². The largest absolute Gasteiger partial charge is 0.166 e. The van der Waals surface area contributed by atoms with Gasteiger partial charge in [-0.05, 0) is 133 Å². The first kappa shape index (κ1) is 25.9. The molecule has 4 fully saturated rings. The highest BCUT2D eigenvalue weighted by molar-refractivity contribution is 7.97. The summed E-state index contributed by atoms with van der Waals surface area (Å²) in [5.41, 5.74) is 3.17. The first-order chi connectivity index (χ1) is 19.2. The van der Waals surface area contributed by atoms with Crippen molar-refractivity contribution in [3.8, 4) is 0 Å². The van der Waals surface area contributed by atoms with E-state index in [1.165, 1.54) is 78.9 Å². The van der Waals surface area contributed by atoms with Crippen molar-refractivity contribution in [2.75, 3.05) is 0 Å². The van der Waals surface area contributed by atoms with Gasteiger partial charge in [0.15, 0.2) is 14.7 Å². The molecule has 3 aromatic rings. The molecular weight excluding hydrogens is 488 g/mol. The number of benzene rings is 3. The molecule has 4 aliphatic carbocycles. The number of rotatable bonds is 5. The molecule has 39 heavy (non-hydrogen) atoms. The summed E-state index contributed by atoms with van der Waals surface area (Å²) in [4.78, 5) is 4.35. The fraction of sp³-hybridized carbons (Fsp3) is 0.526. The summed E-state index contributed by atoms with van der Waals surface area (Å²) >= 11 is 0. The molecule has 9 atom stereocenters. The number of hydrogen-bond acceptors (Lipinski definition) is 0. The van der Waals surface area contributed by atoms with E-state index in [0.29, 0.717) is 0 Å². The van der Waals surface area contributed by atoms with E-state index in [4.69, 9.17) is 0 Å².